The van der Waals surface area contributed by atoms with Gasteiger partial charge in [-0.05, 0) is 49.9 Å². The molecule has 2 amide bonds. The van der Waals surface area contributed by atoms with Crippen LogP contribution in [0.3, 0.4) is 0 Å². The standard InChI is InChI=1S/C25H26F2N6O5/c1-36-16-6-9-20-22(23(28)34)25(31-33(20)11-16)38-15-4-2-14(3-5-15)30-24(35)18-10-29-32-12-17(7-8-19(18)32)37-13-21(26)27/h6-12,14-15,21H,2-5,13H2,1H3,(H2,28,34)(H,30,35). The third-order valence-electron chi connectivity index (χ3n) is 6.45. The molecule has 0 aliphatic heterocycles. The fourth-order valence-electron chi connectivity index (χ4n) is 4.57. The molecule has 0 spiro atoms. The molecule has 0 aromatic carbocycles. The molecule has 0 radical (unpaired) electrons. The number of hydrogen-bond donors (Lipinski definition) is 2. The molecule has 1 saturated carbocycles. The lowest BCUT2D eigenvalue weighted by molar-refractivity contribution is 0.0816. The zero-order chi connectivity index (χ0) is 26.8. The number of rotatable bonds is 9. The van der Waals surface area contributed by atoms with Gasteiger partial charge in [-0.2, -0.15) is 5.10 Å². The van der Waals surface area contributed by atoms with Crippen molar-refractivity contribution in [1.29, 1.82) is 0 Å². The van der Waals surface area contributed by atoms with Crippen molar-refractivity contribution in [3.63, 3.8) is 0 Å². The molecule has 0 saturated heterocycles. The Morgan fingerprint density at radius 1 is 1.08 bits per heavy atom. The van der Waals surface area contributed by atoms with Crippen LogP contribution in [0, 0.1) is 0 Å². The minimum Gasteiger partial charge on any atom is -0.495 e. The van der Waals surface area contributed by atoms with Gasteiger partial charge in [0.15, 0.2) is 0 Å². The molecule has 4 aromatic heterocycles. The van der Waals surface area contributed by atoms with Crippen LogP contribution in [0.1, 0.15) is 46.4 Å². The number of amides is 2. The monoisotopic (exact) mass is 528 g/mol. The number of nitrogens with zero attached hydrogens (tertiary/aromatic N) is 4. The van der Waals surface area contributed by atoms with Crippen LogP contribution in [0.2, 0.25) is 0 Å². The zero-order valence-electron chi connectivity index (χ0n) is 20.5. The summed E-state index contributed by atoms with van der Waals surface area (Å²) in [5.41, 5.74) is 7.24. The van der Waals surface area contributed by atoms with E-state index in [0.717, 1.165) is 0 Å². The number of nitrogens with two attached hydrogens (primary N) is 1. The van der Waals surface area contributed by atoms with E-state index in [1.165, 1.54) is 34.6 Å². The van der Waals surface area contributed by atoms with Crippen LogP contribution in [-0.4, -0.2) is 63.3 Å². The number of pyridine rings is 2. The topological polar surface area (TPSA) is 134 Å². The molecule has 38 heavy (non-hydrogen) atoms. The van der Waals surface area contributed by atoms with Gasteiger partial charge >= 0.3 is 0 Å². The van der Waals surface area contributed by atoms with E-state index in [-0.39, 0.29) is 35.2 Å². The number of fused-ring (bicyclic) bond motifs is 2. The van der Waals surface area contributed by atoms with Crippen molar-refractivity contribution in [2.45, 2.75) is 44.3 Å². The molecule has 11 nitrogen and oxygen atoms in total. The van der Waals surface area contributed by atoms with Gasteiger partial charge in [0.05, 0.1) is 42.3 Å². The fourth-order valence-corrected chi connectivity index (χ4v) is 4.57. The predicted molar refractivity (Wildman–Crippen MR) is 131 cm³/mol. The second-order valence-electron chi connectivity index (χ2n) is 8.96. The molecule has 200 valence electrons. The van der Waals surface area contributed by atoms with Gasteiger partial charge in [0.1, 0.15) is 29.8 Å². The Bertz CT molecular complexity index is 1480. The summed E-state index contributed by atoms with van der Waals surface area (Å²) in [5, 5.41) is 11.6. The summed E-state index contributed by atoms with van der Waals surface area (Å²) in [5.74, 6) is 0.0561. The molecule has 4 heterocycles. The van der Waals surface area contributed by atoms with E-state index in [1.807, 2.05) is 0 Å². The Hall–Kier alpha value is -4.42. The molecule has 4 aromatic rings. The van der Waals surface area contributed by atoms with Crippen molar-refractivity contribution in [1.82, 2.24) is 24.5 Å². The largest absolute Gasteiger partial charge is 0.495 e. The van der Waals surface area contributed by atoms with E-state index in [1.54, 1.807) is 24.4 Å². The van der Waals surface area contributed by atoms with E-state index < -0.39 is 18.9 Å². The van der Waals surface area contributed by atoms with Crippen molar-refractivity contribution in [2.75, 3.05) is 13.7 Å². The smallest absolute Gasteiger partial charge is 0.272 e. The maximum Gasteiger partial charge on any atom is 0.272 e. The van der Waals surface area contributed by atoms with Gasteiger partial charge in [0, 0.05) is 6.04 Å². The summed E-state index contributed by atoms with van der Waals surface area (Å²) in [7, 11) is 1.54. The number of carbonyl (C=O) groups is 2. The molecular formula is C25H26F2N6O5. The highest BCUT2D eigenvalue weighted by Crippen LogP contribution is 2.29. The third-order valence-corrected chi connectivity index (χ3v) is 6.45. The van der Waals surface area contributed by atoms with Gasteiger partial charge in [-0.1, -0.05) is 0 Å². The number of primary amides is 1. The molecular weight excluding hydrogens is 502 g/mol. The first-order valence-electron chi connectivity index (χ1n) is 12.0. The summed E-state index contributed by atoms with van der Waals surface area (Å²) in [6.45, 7) is -0.720. The summed E-state index contributed by atoms with van der Waals surface area (Å²) < 4.78 is 44.0. The highest BCUT2D eigenvalue weighted by atomic mass is 19.3. The lowest BCUT2D eigenvalue weighted by Crippen LogP contribution is -2.39. The Morgan fingerprint density at radius 3 is 2.50 bits per heavy atom. The maximum atomic E-state index is 12.9. The van der Waals surface area contributed by atoms with Crippen LogP contribution in [0.4, 0.5) is 8.78 Å². The van der Waals surface area contributed by atoms with E-state index in [4.69, 9.17) is 19.9 Å². The van der Waals surface area contributed by atoms with E-state index in [0.29, 0.717) is 48.0 Å². The van der Waals surface area contributed by atoms with Crippen molar-refractivity contribution >= 4 is 22.8 Å². The van der Waals surface area contributed by atoms with E-state index >= 15 is 0 Å². The van der Waals surface area contributed by atoms with E-state index in [2.05, 4.69) is 15.5 Å². The van der Waals surface area contributed by atoms with Gasteiger partial charge in [0.2, 0.25) is 5.88 Å². The number of hydrogen-bond acceptors (Lipinski definition) is 7. The minimum absolute atomic E-state index is 0.0770. The van der Waals surface area contributed by atoms with E-state index in [9.17, 15) is 18.4 Å². The molecule has 0 bridgehead atoms. The van der Waals surface area contributed by atoms with Crippen molar-refractivity contribution in [3.05, 3.63) is 54.0 Å². The summed E-state index contributed by atoms with van der Waals surface area (Å²) >= 11 is 0. The summed E-state index contributed by atoms with van der Waals surface area (Å²) in [6, 6.07) is 6.46. The second-order valence-corrected chi connectivity index (χ2v) is 8.96. The van der Waals surface area contributed by atoms with Crippen molar-refractivity contribution < 1.29 is 32.6 Å². The van der Waals surface area contributed by atoms with Gasteiger partial charge in [-0.25, -0.2) is 17.8 Å². The Morgan fingerprint density at radius 2 is 1.79 bits per heavy atom. The number of aromatic nitrogens is 4. The Balaban J connectivity index is 1.20. The SMILES string of the molecule is COc1ccc2c(C(N)=O)c(OC3CCC(NC(=O)c4cnn5cc(OCC(F)F)ccc45)CC3)nn2c1. The van der Waals surface area contributed by atoms with Crippen molar-refractivity contribution in [3.8, 4) is 17.4 Å². The normalized spacial score (nSPS) is 17.6. The zero-order valence-corrected chi connectivity index (χ0v) is 20.5. The van der Waals surface area contributed by atoms with Crippen LogP contribution in [0.25, 0.3) is 11.0 Å². The number of alkyl halides is 2. The fraction of sp³-hybridized carbons (Fsp3) is 0.360. The van der Waals surface area contributed by atoms with Crippen LogP contribution in [-0.2, 0) is 0 Å². The van der Waals surface area contributed by atoms with Gasteiger partial charge in [-0.15, -0.1) is 5.10 Å². The Kier molecular flexibility index (Phi) is 6.99. The summed E-state index contributed by atoms with van der Waals surface area (Å²) in [6.07, 6.45) is 4.34. The lowest BCUT2D eigenvalue weighted by Gasteiger charge is -2.29. The first-order chi connectivity index (χ1) is 18.3. The number of carbonyl (C=O) groups excluding carboxylic acids is 2. The highest BCUT2D eigenvalue weighted by Gasteiger charge is 2.28. The first kappa shape index (κ1) is 25.2. The molecule has 5 rings (SSSR count). The van der Waals surface area contributed by atoms with Gasteiger partial charge in [0.25, 0.3) is 18.2 Å². The van der Waals surface area contributed by atoms with Gasteiger partial charge < -0.3 is 25.3 Å². The average Bonchev–Trinajstić information content (AvgIpc) is 3.48. The highest BCUT2D eigenvalue weighted by molar-refractivity contribution is 6.02. The summed E-state index contributed by atoms with van der Waals surface area (Å²) in [4.78, 5) is 25.0. The van der Waals surface area contributed by atoms with Gasteiger partial charge in [-0.3, -0.25) is 9.59 Å². The maximum absolute atomic E-state index is 12.9. The molecule has 13 heteroatoms. The molecule has 0 unspecified atom stereocenters. The van der Waals surface area contributed by atoms with Crippen LogP contribution in [0.15, 0.2) is 42.9 Å². The van der Waals surface area contributed by atoms with Crippen LogP contribution in [0.5, 0.6) is 17.4 Å². The first-order valence-corrected chi connectivity index (χ1v) is 12.0. The van der Waals surface area contributed by atoms with Crippen LogP contribution >= 0.6 is 0 Å². The molecule has 1 aliphatic rings. The minimum atomic E-state index is -2.58. The predicted octanol–water partition coefficient (Wildman–Crippen LogP) is 2.85. The third kappa shape index (κ3) is 5.17. The molecule has 0 atom stereocenters. The average molecular weight is 529 g/mol. The molecule has 3 N–H and O–H groups in total. The lowest BCUT2D eigenvalue weighted by atomic mass is 9.92. The number of halogens is 2. The van der Waals surface area contributed by atoms with Crippen LogP contribution < -0.4 is 25.3 Å². The van der Waals surface area contributed by atoms with Crippen molar-refractivity contribution in [2.24, 2.45) is 5.73 Å². The number of ether oxygens (including phenoxy) is 3. The molecule has 1 aliphatic carbocycles. The quantitative estimate of drug-likeness (QED) is 0.341. The number of nitrogens with one attached hydrogen (secondary N) is 1. The molecule has 1 fully saturated rings. The number of methoxy groups -OCH3 is 1. The second kappa shape index (κ2) is 10.5. The Labute approximate surface area is 215 Å².